The second-order valence-corrected chi connectivity index (χ2v) is 6.46. The molecule has 1 saturated heterocycles. The minimum atomic E-state index is -0.125. The van der Waals surface area contributed by atoms with Gasteiger partial charge in [0.25, 0.3) is 0 Å². The molecular formula is C18H30N2O2. The van der Waals surface area contributed by atoms with Gasteiger partial charge in [-0.15, -0.1) is 0 Å². The van der Waals surface area contributed by atoms with Crippen molar-refractivity contribution in [3.05, 3.63) is 29.8 Å². The molecule has 0 spiro atoms. The van der Waals surface area contributed by atoms with E-state index in [-0.39, 0.29) is 12.7 Å². The van der Waals surface area contributed by atoms with E-state index in [9.17, 15) is 5.11 Å². The van der Waals surface area contributed by atoms with Crippen LogP contribution in [0.25, 0.3) is 0 Å². The highest BCUT2D eigenvalue weighted by atomic mass is 16.3. The maximum atomic E-state index is 9.59. The Kier molecular flexibility index (Phi) is 6.68. The predicted molar refractivity (Wildman–Crippen MR) is 91.2 cm³/mol. The maximum absolute atomic E-state index is 9.59. The minimum absolute atomic E-state index is 0.125. The van der Waals surface area contributed by atoms with Crippen molar-refractivity contribution < 1.29 is 10.2 Å². The monoisotopic (exact) mass is 306 g/mol. The molecule has 0 aliphatic carbocycles. The van der Waals surface area contributed by atoms with Crippen LogP contribution >= 0.6 is 0 Å². The van der Waals surface area contributed by atoms with E-state index in [0.717, 1.165) is 38.8 Å². The molecule has 2 rings (SSSR count). The number of rotatable bonds is 7. The first kappa shape index (κ1) is 17.3. The molecule has 124 valence electrons. The fraction of sp³-hybridized carbons (Fsp3) is 0.667. The van der Waals surface area contributed by atoms with Gasteiger partial charge in [-0.05, 0) is 57.2 Å². The van der Waals surface area contributed by atoms with E-state index in [0.29, 0.717) is 12.1 Å². The molecule has 2 unspecified atom stereocenters. The molecule has 1 fully saturated rings. The molecule has 1 heterocycles. The average Bonchev–Trinajstić information content (AvgIpc) is 2.54. The summed E-state index contributed by atoms with van der Waals surface area (Å²) in [7, 11) is 0. The van der Waals surface area contributed by atoms with Crippen LogP contribution in [0, 0.1) is 0 Å². The molecule has 1 aliphatic heterocycles. The van der Waals surface area contributed by atoms with E-state index in [1.165, 1.54) is 11.3 Å². The first-order valence-electron chi connectivity index (χ1n) is 8.50. The van der Waals surface area contributed by atoms with Gasteiger partial charge in [-0.3, -0.25) is 0 Å². The molecule has 1 aromatic rings. The molecule has 0 bridgehead atoms. The van der Waals surface area contributed by atoms with Gasteiger partial charge in [0, 0.05) is 37.5 Å². The number of aliphatic hydroxyl groups excluding tert-OH is 2. The van der Waals surface area contributed by atoms with Crippen LogP contribution in [0.4, 0.5) is 5.69 Å². The second kappa shape index (κ2) is 8.51. The number of hydrogen-bond donors (Lipinski definition) is 3. The molecule has 4 heteroatoms. The Hall–Kier alpha value is -1.10. The number of piperidine rings is 1. The highest BCUT2D eigenvalue weighted by Crippen LogP contribution is 2.23. The van der Waals surface area contributed by atoms with Crippen molar-refractivity contribution in [1.82, 2.24) is 5.32 Å². The van der Waals surface area contributed by atoms with Gasteiger partial charge in [0.05, 0.1) is 6.10 Å². The molecule has 0 radical (unpaired) electrons. The SMILES string of the molecule is CC(CCCO)NC(C)c1ccc(N2CCC(O)CC2)cc1. The molecule has 2 atom stereocenters. The van der Waals surface area contributed by atoms with Gasteiger partial charge in [-0.25, -0.2) is 0 Å². The van der Waals surface area contributed by atoms with Crippen LogP contribution in [0.1, 0.15) is 51.1 Å². The fourth-order valence-electron chi connectivity index (χ4n) is 3.10. The Balaban J connectivity index is 1.88. The number of nitrogens with one attached hydrogen (secondary N) is 1. The van der Waals surface area contributed by atoms with E-state index in [1.54, 1.807) is 0 Å². The summed E-state index contributed by atoms with van der Waals surface area (Å²) in [5.74, 6) is 0. The van der Waals surface area contributed by atoms with Crippen LogP contribution in [0.2, 0.25) is 0 Å². The molecule has 0 saturated carbocycles. The third kappa shape index (κ3) is 4.97. The van der Waals surface area contributed by atoms with Gasteiger partial charge < -0.3 is 20.4 Å². The maximum Gasteiger partial charge on any atom is 0.0574 e. The molecule has 1 aliphatic rings. The Morgan fingerprint density at radius 1 is 1.18 bits per heavy atom. The smallest absolute Gasteiger partial charge is 0.0574 e. The Bertz CT molecular complexity index is 427. The average molecular weight is 306 g/mol. The van der Waals surface area contributed by atoms with Crippen molar-refractivity contribution >= 4 is 5.69 Å². The van der Waals surface area contributed by atoms with Crippen LogP contribution in [-0.4, -0.2) is 42.1 Å². The van der Waals surface area contributed by atoms with Crippen LogP contribution in [0.3, 0.4) is 0 Å². The summed E-state index contributed by atoms with van der Waals surface area (Å²) in [6.45, 7) is 6.49. The number of hydrogen-bond acceptors (Lipinski definition) is 4. The lowest BCUT2D eigenvalue weighted by Crippen LogP contribution is -2.35. The standard InChI is InChI=1S/C18H30N2O2/c1-14(4-3-13-21)19-15(2)16-5-7-17(8-6-16)20-11-9-18(22)10-12-20/h5-8,14-15,18-19,21-22H,3-4,9-13H2,1-2H3. The van der Waals surface area contributed by atoms with Crippen molar-refractivity contribution in [3.8, 4) is 0 Å². The van der Waals surface area contributed by atoms with Crippen LogP contribution < -0.4 is 10.2 Å². The predicted octanol–water partition coefficient (Wildman–Crippen LogP) is 2.46. The van der Waals surface area contributed by atoms with Crippen molar-refractivity contribution in [3.63, 3.8) is 0 Å². The zero-order valence-corrected chi connectivity index (χ0v) is 13.8. The van der Waals surface area contributed by atoms with Crippen molar-refractivity contribution in [2.24, 2.45) is 0 Å². The summed E-state index contributed by atoms with van der Waals surface area (Å²) >= 11 is 0. The third-order valence-corrected chi connectivity index (χ3v) is 4.55. The topological polar surface area (TPSA) is 55.7 Å². The van der Waals surface area contributed by atoms with E-state index in [2.05, 4.69) is 48.3 Å². The highest BCUT2D eigenvalue weighted by molar-refractivity contribution is 5.48. The largest absolute Gasteiger partial charge is 0.396 e. The number of aliphatic hydroxyl groups is 2. The lowest BCUT2D eigenvalue weighted by atomic mass is 10.0. The van der Waals surface area contributed by atoms with Gasteiger partial charge in [0.1, 0.15) is 0 Å². The van der Waals surface area contributed by atoms with E-state index >= 15 is 0 Å². The summed E-state index contributed by atoms with van der Waals surface area (Å²) in [6, 6.07) is 9.47. The molecule has 3 N–H and O–H groups in total. The molecule has 22 heavy (non-hydrogen) atoms. The summed E-state index contributed by atoms with van der Waals surface area (Å²) in [4.78, 5) is 2.35. The highest BCUT2D eigenvalue weighted by Gasteiger charge is 2.17. The third-order valence-electron chi connectivity index (χ3n) is 4.55. The molecule has 0 aromatic heterocycles. The van der Waals surface area contributed by atoms with E-state index < -0.39 is 0 Å². The quantitative estimate of drug-likeness (QED) is 0.724. The van der Waals surface area contributed by atoms with E-state index in [1.807, 2.05) is 0 Å². The van der Waals surface area contributed by atoms with Gasteiger partial charge in [-0.1, -0.05) is 12.1 Å². The molecule has 1 aromatic carbocycles. The van der Waals surface area contributed by atoms with Crippen LogP contribution in [0.15, 0.2) is 24.3 Å². The molecular weight excluding hydrogens is 276 g/mol. The Morgan fingerprint density at radius 3 is 2.41 bits per heavy atom. The van der Waals surface area contributed by atoms with Gasteiger partial charge in [-0.2, -0.15) is 0 Å². The summed E-state index contributed by atoms with van der Waals surface area (Å²) in [5.41, 5.74) is 2.54. The minimum Gasteiger partial charge on any atom is -0.396 e. The first-order chi connectivity index (χ1) is 10.6. The van der Waals surface area contributed by atoms with Crippen molar-refractivity contribution in [1.29, 1.82) is 0 Å². The summed E-state index contributed by atoms with van der Waals surface area (Å²) in [5, 5.41) is 22.1. The number of anilines is 1. The van der Waals surface area contributed by atoms with Crippen LogP contribution in [-0.2, 0) is 0 Å². The first-order valence-corrected chi connectivity index (χ1v) is 8.50. The zero-order chi connectivity index (χ0) is 15.9. The molecule has 4 nitrogen and oxygen atoms in total. The zero-order valence-electron chi connectivity index (χ0n) is 13.8. The van der Waals surface area contributed by atoms with Crippen molar-refractivity contribution in [2.45, 2.75) is 57.7 Å². The normalized spacial score (nSPS) is 19.2. The van der Waals surface area contributed by atoms with E-state index in [4.69, 9.17) is 5.11 Å². The second-order valence-electron chi connectivity index (χ2n) is 6.46. The Labute approximate surface area is 134 Å². The number of nitrogens with zero attached hydrogens (tertiary/aromatic N) is 1. The lowest BCUT2D eigenvalue weighted by molar-refractivity contribution is 0.145. The summed E-state index contributed by atoms with van der Waals surface area (Å²) < 4.78 is 0. The van der Waals surface area contributed by atoms with Crippen LogP contribution in [0.5, 0.6) is 0 Å². The van der Waals surface area contributed by atoms with Gasteiger partial charge in [0.15, 0.2) is 0 Å². The van der Waals surface area contributed by atoms with Crippen molar-refractivity contribution in [2.75, 3.05) is 24.6 Å². The lowest BCUT2D eigenvalue weighted by Gasteiger charge is -2.31. The van der Waals surface area contributed by atoms with Gasteiger partial charge in [0.2, 0.25) is 0 Å². The molecule has 0 amide bonds. The number of benzene rings is 1. The summed E-state index contributed by atoms with van der Waals surface area (Å²) in [6.07, 6.45) is 3.44. The fourth-order valence-corrected chi connectivity index (χ4v) is 3.10. The Morgan fingerprint density at radius 2 is 1.82 bits per heavy atom. The van der Waals surface area contributed by atoms with Gasteiger partial charge >= 0.3 is 0 Å².